The van der Waals surface area contributed by atoms with Gasteiger partial charge in [-0.05, 0) is 18.9 Å². The van der Waals surface area contributed by atoms with Crippen molar-refractivity contribution < 1.29 is 4.79 Å². The van der Waals surface area contributed by atoms with E-state index in [0.29, 0.717) is 5.78 Å². The fraction of sp³-hybridized carbons (Fsp3) is 0.625. The molecule has 0 amide bonds. The van der Waals surface area contributed by atoms with Crippen LogP contribution in [0.5, 0.6) is 0 Å². The van der Waals surface area contributed by atoms with E-state index in [1.54, 1.807) is 0 Å². The van der Waals surface area contributed by atoms with Crippen molar-refractivity contribution in [1.29, 1.82) is 0 Å². The molecular formula is C8H12O. The van der Waals surface area contributed by atoms with Crippen molar-refractivity contribution >= 4 is 5.78 Å². The van der Waals surface area contributed by atoms with Crippen LogP contribution in [-0.4, -0.2) is 5.78 Å². The maximum absolute atomic E-state index is 11.2. The first-order chi connectivity index (χ1) is 4.04. The Bertz CT molecular complexity index is 175. The minimum atomic E-state index is -0.107. The van der Waals surface area contributed by atoms with Gasteiger partial charge in [0.2, 0.25) is 0 Å². The summed E-state index contributed by atoms with van der Waals surface area (Å²) >= 11 is 0. The van der Waals surface area contributed by atoms with Crippen LogP contribution in [0.25, 0.3) is 0 Å². The molecule has 0 bridgehead atoms. The lowest BCUT2D eigenvalue weighted by atomic mass is 9.88. The monoisotopic (exact) mass is 124 g/mol. The van der Waals surface area contributed by atoms with E-state index in [4.69, 9.17) is 0 Å². The number of carbonyl (C=O) groups excluding carboxylic acids is 1. The topological polar surface area (TPSA) is 17.1 Å². The molecule has 0 saturated heterocycles. The zero-order chi connectivity index (χ0) is 7.07. The van der Waals surface area contributed by atoms with Crippen molar-refractivity contribution in [2.24, 2.45) is 5.41 Å². The fourth-order valence-electron chi connectivity index (χ4n) is 1.13. The zero-order valence-electron chi connectivity index (χ0n) is 6.19. The first-order valence-corrected chi connectivity index (χ1v) is 3.25. The standard InChI is InChI=1S/C8H12O/c1-6-4-5-8(2,3)7(6)9/h4H,5H2,1-3H3. The molecular weight excluding hydrogens is 112 g/mol. The van der Waals surface area contributed by atoms with Gasteiger partial charge in [0.25, 0.3) is 0 Å². The molecule has 0 heterocycles. The van der Waals surface area contributed by atoms with Gasteiger partial charge in [0.15, 0.2) is 5.78 Å². The van der Waals surface area contributed by atoms with E-state index >= 15 is 0 Å². The van der Waals surface area contributed by atoms with Crippen LogP contribution in [-0.2, 0) is 4.79 Å². The van der Waals surface area contributed by atoms with Crippen molar-refractivity contribution in [1.82, 2.24) is 0 Å². The summed E-state index contributed by atoms with van der Waals surface area (Å²) in [6.45, 7) is 5.86. The predicted octanol–water partition coefficient (Wildman–Crippen LogP) is 1.93. The molecule has 0 fully saturated rings. The number of ketones is 1. The van der Waals surface area contributed by atoms with Gasteiger partial charge in [0, 0.05) is 5.41 Å². The van der Waals surface area contributed by atoms with Crippen molar-refractivity contribution in [3.8, 4) is 0 Å². The van der Waals surface area contributed by atoms with Gasteiger partial charge in [0.05, 0.1) is 0 Å². The molecule has 0 N–H and O–H groups in total. The highest BCUT2D eigenvalue weighted by Gasteiger charge is 2.31. The molecule has 0 unspecified atom stereocenters. The average molecular weight is 124 g/mol. The summed E-state index contributed by atoms with van der Waals surface area (Å²) in [5.74, 6) is 0.308. The third kappa shape index (κ3) is 0.913. The molecule has 50 valence electrons. The third-order valence-electron chi connectivity index (χ3n) is 1.89. The number of hydrogen-bond donors (Lipinski definition) is 0. The minimum absolute atomic E-state index is 0.107. The van der Waals surface area contributed by atoms with E-state index < -0.39 is 0 Å². The van der Waals surface area contributed by atoms with Crippen molar-refractivity contribution in [2.45, 2.75) is 27.2 Å². The number of Topliss-reactive ketones (excluding diaryl/α,β-unsaturated/α-hetero) is 1. The van der Waals surface area contributed by atoms with Crippen molar-refractivity contribution in [3.63, 3.8) is 0 Å². The third-order valence-corrected chi connectivity index (χ3v) is 1.89. The average Bonchev–Trinajstić information content (AvgIpc) is 1.97. The van der Waals surface area contributed by atoms with Gasteiger partial charge in [-0.1, -0.05) is 19.9 Å². The summed E-state index contributed by atoms with van der Waals surface area (Å²) in [4.78, 5) is 11.2. The van der Waals surface area contributed by atoms with Gasteiger partial charge in [-0.25, -0.2) is 0 Å². The molecule has 0 radical (unpaired) electrons. The Morgan fingerprint density at radius 1 is 1.56 bits per heavy atom. The van der Waals surface area contributed by atoms with Crippen molar-refractivity contribution in [2.75, 3.05) is 0 Å². The molecule has 0 aromatic carbocycles. The first kappa shape index (κ1) is 6.53. The largest absolute Gasteiger partial charge is 0.294 e. The van der Waals surface area contributed by atoms with E-state index in [-0.39, 0.29) is 5.41 Å². The normalized spacial score (nSPS) is 24.3. The summed E-state index contributed by atoms with van der Waals surface area (Å²) in [6.07, 6.45) is 2.93. The molecule has 0 atom stereocenters. The number of allylic oxidation sites excluding steroid dienone is 2. The van der Waals surface area contributed by atoms with Crippen LogP contribution in [0.3, 0.4) is 0 Å². The van der Waals surface area contributed by atoms with E-state index in [0.717, 1.165) is 12.0 Å². The van der Waals surface area contributed by atoms with E-state index in [1.807, 2.05) is 26.8 Å². The van der Waals surface area contributed by atoms with E-state index in [9.17, 15) is 4.79 Å². The molecule has 0 aromatic heterocycles. The summed E-state index contributed by atoms with van der Waals surface area (Å²) < 4.78 is 0. The van der Waals surface area contributed by atoms with Gasteiger partial charge < -0.3 is 0 Å². The second-order valence-electron chi connectivity index (χ2n) is 3.30. The molecule has 1 aliphatic carbocycles. The molecule has 1 heteroatoms. The molecule has 0 aliphatic heterocycles. The maximum atomic E-state index is 11.2. The van der Waals surface area contributed by atoms with Crippen LogP contribution in [0.2, 0.25) is 0 Å². The fourth-order valence-corrected chi connectivity index (χ4v) is 1.13. The molecule has 1 rings (SSSR count). The smallest absolute Gasteiger partial charge is 0.164 e. The second-order valence-corrected chi connectivity index (χ2v) is 3.30. The number of rotatable bonds is 0. The van der Waals surface area contributed by atoms with E-state index in [2.05, 4.69) is 0 Å². The molecule has 0 aromatic rings. The highest BCUT2D eigenvalue weighted by molar-refractivity contribution is 6.01. The number of carbonyl (C=O) groups is 1. The number of hydrogen-bond acceptors (Lipinski definition) is 1. The van der Waals surface area contributed by atoms with Crippen LogP contribution in [0.15, 0.2) is 11.6 Å². The molecule has 0 saturated carbocycles. The summed E-state index contributed by atoms with van der Waals surface area (Å²) in [6, 6.07) is 0. The quantitative estimate of drug-likeness (QED) is 0.482. The molecule has 1 aliphatic rings. The zero-order valence-corrected chi connectivity index (χ0v) is 6.19. The Balaban J connectivity index is 2.86. The maximum Gasteiger partial charge on any atom is 0.164 e. The van der Waals surface area contributed by atoms with Gasteiger partial charge >= 0.3 is 0 Å². The van der Waals surface area contributed by atoms with Crippen molar-refractivity contribution in [3.05, 3.63) is 11.6 Å². The highest BCUT2D eigenvalue weighted by atomic mass is 16.1. The van der Waals surface area contributed by atoms with Crippen LogP contribution in [0.1, 0.15) is 27.2 Å². The Kier molecular flexibility index (Phi) is 1.23. The summed E-state index contributed by atoms with van der Waals surface area (Å²) in [7, 11) is 0. The van der Waals surface area contributed by atoms with Crippen LogP contribution < -0.4 is 0 Å². The lowest BCUT2D eigenvalue weighted by Crippen LogP contribution is -2.18. The Morgan fingerprint density at radius 3 is 2.22 bits per heavy atom. The van der Waals surface area contributed by atoms with Gasteiger partial charge in [-0.2, -0.15) is 0 Å². The predicted molar refractivity (Wildman–Crippen MR) is 37.2 cm³/mol. The Labute approximate surface area is 55.8 Å². The summed E-state index contributed by atoms with van der Waals surface area (Å²) in [5.41, 5.74) is 0.823. The van der Waals surface area contributed by atoms with Crippen LogP contribution in [0, 0.1) is 5.41 Å². The van der Waals surface area contributed by atoms with Crippen LogP contribution >= 0.6 is 0 Å². The minimum Gasteiger partial charge on any atom is -0.294 e. The Hall–Kier alpha value is -0.590. The van der Waals surface area contributed by atoms with Crippen LogP contribution in [0.4, 0.5) is 0 Å². The highest BCUT2D eigenvalue weighted by Crippen LogP contribution is 2.32. The van der Waals surface area contributed by atoms with Gasteiger partial charge in [-0.3, -0.25) is 4.79 Å². The van der Waals surface area contributed by atoms with E-state index in [1.165, 1.54) is 0 Å². The lowest BCUT2D eigenvalue weighted by molar-refractivity contribution is -0.122. The Morgan fingerprint density at radius 2 is 2.11 bits per heavy atom. The van der Waals surface area contributed by atoms with Gasteiger partial charge in [-0.15, -0.1) is 0 Å². The molecule has 0 spiro atoms. The lowest BCUT2D eigenvalue weighted by Gasteiger charge is -2.13. The SMILES string of the molecule is CC1=CCC(C)(C)C1=O. The summed E-state index contributed by atoms with van der Waals surface area (Å²) in [5, 5.41) is 0. The second kappa shape index (κ2) is 1.69. The molecule has 1 nitrogen and oxygen atoms in total. The molecule has 9 heavy (non-hydrogen) atoms. The van der Waals surface area contributed by atoms with Gasteiger partial charge in [0.1, 0.15) is 0 Å². The first-order valence-electron chi connectivity index (χ1n) is 3.25.